The lowest BCUT2D eigenvalue weighted by molar-refractivity contribution is 0.0520. The maximum Gasteiger partial charge on any atom is 0.328 e. The number of urea groups is 1. The minimum absolute atomic E-state index is 0.114. The third-order valence-electron chi connectivity index (χ3n) is 5.24. The molecule has 1 aliphatic rings. The molecular weight excluding hydrogens is 460 g/mol. The summed E-state index contributed by atoms with van der Waals surface area (Å²) in [6.07, 6.45) is 2.47. The van der Waals surface area contributed by atoms with Gasteiger partial charge in [-0.3, -0.25) is 15.2 Å². The molecule has 2 amide bonds. The Hall–Kier alpha value is -3.47. The van der Waals surface area contributed by atoms with Crippen LogP contribution in [-0.2, 0) is 0 Å². The van der Waals surface area contributed by atoms with E-state index in [9.17, 15) is 9.90 Å². The predicted molar refractivity (Wildman–Crippen MR) is 130 cm³/mol. The average Bonchev–Trinajstić information content (AvgIpc) is 3.01. The van der Waals surface area contributed by atoms with Gasteiger partial charge in [-0.05, 0) is 30.7 Å². The number of aliphatic hydroxyl groups is 2. The summed E-state index contributed by atoms with van der Waals surface area (Å²) in [6.45, 7) is 0.647. The molecule has 34 heavy (non-hydrogen) atoms. The second-order valence-electron chi connectivity index (χ2n) is 7.80. The van der Waals surface area contributed by atoms with Crippen molar-refractivity contribution in [1.82, 2.24) is 15.0 Å². The minimum atomic E-state index is -1.04. The highest BCUT2D eigenvalue weighted by molar-refractivity contribution is 6.30. The number of aliphatic hydroxyl groups excluding tert-OH is 2. The maximum atomic E-state index is 13.3. The Morgan fingerprint density at radius 1 is 1.24 bits per heavy atom. The molecule has 11 heteroatoms. The quantitative estimate of drug-likeness (QED) is 0.488. The predicted octanol–water partition coefficient (Wildman–Crippen LogP) is 2.80. The fourth-order valence-electron chi connectivity index (χ4n) is 3.53. The van der Waals surface area contributed by atoms with Crippen molar-refractivity contribution in [2.24, 2.45) is 0 Å². The zero-order valence-corrected chi connectivity index (χ0v) is 19.3. The van der Waals surface area contributed by atoms with E-state index in [0.717, 1.165) is 24.2 Å². The first-order valence-electron chi connectivity index (χ1n) is 10.7. The number of benzene rings is 1. The fraction of sp³-hybridized carbons (Fsp3) is 0.304. The molecule has 1 aromatic carbocycles. The van der Waals surface area contributed by atoms with E-state index in [4.69, 9.17) is 26.4 Å². The van der Waals surface area contributed by atoms with E-state index >= 15 is 0 Å². The van der Waals surface area contributed by atoms with Crippen molar-refractivity contribution in [2.75, 3.05) is 48.5 Å². The molecule has 0 bridgehead atoms. The Morgan fingerprint density at radius 2 is 2.09 bits per heavy atom. The molecule has 0 aliphatic carbocycles. The monoisotopic (exact) mass is 484 g/mol. The van der Waals surface area contributed by atoms with Crippen LogP contribution in [0.1, 0.15) is 6.42 Å². The van der Waals surface area contributed by atoms with Crippen LogP contribution >= 0.6 is 11.6 Å². The van der Waals surface area contributed by atoms with Crippen molar-refractivity contribution in [3.63, 3.8) is 0 Å². The van der Waals surface area contributed by atoms with Crippen LogP contribution in [0.25, 0.3) is 11.3 Å². The van der Waals surface area contributed by atoms with Crippen molar-refractivity contribution >= 4 is 35.0 Å². The molecule has 178 valence electrons. The van der Waals surface area contributed by atoms with Gasteiger partial charge in [0.1, 0.15) is 12.7 Å². The largest absolute Gasteiger partial charge is 0.474 e. The lowest BCUT2D eigenvalue weighted by Crippen LogP contribution is -2.36. The Bertz CT molecular complexity index is 1160. The van der Waals surface area contributed by atoms with Gasteiger partial charge in [0.15, 0.2) is 11.6 Å². The van der Waals surface area contributed by atoms with E-state index in [1.54, 1.807) is 11.0 Å². The SMILES string of the molecule is CN1CCCN(C(=O)Nc2cncc(OCC(O)CO)n2)c2nc(-c3cccc(Cl)c3)ccc21. The van der Waals surface area contributed by atoms with Gasteiger partial charge in [-0.2, -0.15) is 4.98 Å². The number of fused-ring (bicyclic) bond motifs is 1. The highest BCUT2D eigenvalue weighted by atomic mass is 35.5. The van der Waals surface area contributed by atoms with Gasteiger partial charge in [0.25, 0.3) is 0 Å². The number of nitrogens with zero attached hydrogens (tertiary/aromatic N) is 5. The summed E-state index contributed by atoms with van der Waals surface area (Å²) in [6, 6.07) is 10.9. The van der Waals surface area contributed by atoms with Crippen LogP contribution in [-0.4, -0.2) is 70.7 Å². The van der Waals surface area contributed by atoms with Crippen molar-refractivity contribution in [2.45, 2.75) is 12.5 Å². The Labute approximate surface area is 201 Å². The third kappa shape index (κ3) is 5.53. The number of aromatic nitrogens is 3. The Balaban J connectivity index is 1.59. The maximum absolute atomic E-state index is 13.3. The number of pyridine rings is 1. The highest BCUT2D eigenvalue weighted by Crippen LogP contribution is 2.33. The van der Waals surface area contributed by atoms with Crippen molar-refractivity contribution in [3.8, 4) is 17.1 Å². The van der Waals surface area contributed by atoms with Crippen molar-refractivity contribution < 1.29 is 19.7 Å². The zero-order chi connectivity index (χ0) is 24.1. The van der Waals surface area contributed by atoms with Crippen LogP contribution in [0.15, 0.2) is 48.8 Å². The van der Waals surface area contributed by atoms with Crippen LogP contribution in [0.4, 0.5) is 22.1 Å². The molecule has 0 fully saturated rings. The normalized spacial score (nSPS) is 14.2. The van der Waals surface area contributed by atoms with Crippen molar-refractivity contribution in [1.29, 1.82) is 0 Å². The van der Waals surface area contributed by atoms with Crippen LogP contribution in [0.3, 0.4) is 0 Å². The molecule has 10 nitrogen and oxygen atoms in total. The third-order valence-corrected chi connectivity index (χ3v) is 5.48. The topological polar surface area (TPSA) is 124 Å². The lowest BCUT2D eigenvalue weighted by Gasteiger charge is -2.24. The molecule has 0 saturated carbocycles. The summed E-state index contributed by atoms with van der Waals surface area (Å²) < 4.78 is 5.31. The van der Waals surface area contributed by atoms with Gasteiger partial charge in [-0.25, -0.2) is 9.78 Å². The molecule has 1 unspecified atom stereocenters. The summed E-state index contributed by atoms with van der Waals surface area (Å²) >= 11 is 6.16. The molecule has 4 rings (SSSR count). The zero-order valence-electron chi connectivity index (χ0n) is 18.6. The second-order valence-corrected chi connectivity index (χ2v) is 8.23. The number of halogens is 1. The number of nitrogens with one attached hydrogen (secondary N) is 1. The first-order valence-corrected chi connectivity index (χ1v) is 11.1. The number of amides is 2. The summed E-state index contributed by atoms with van der Waals surface area (Å²) in [4.78, 5) is 29.9. The van der Waals surface area contributed by atoms with Gasteiger partial charge in [-0.1, -0.05) is 23.7 Å². The summed E-state index contributed by atoms with van der Waals surface area (Å²) in [5.74, 6) is 0.829. The lowest BCUT2D eigenvalue weighted by atomic mass is 10.1. The van der Waals surface area contributed by atoms with E-state index < -0.39 is 18.7 Å². The minimum Gasteiger partial charge on any atom is -0.474 e. The number of anilines is 3. The summed E-state index contributed by atoms with van der Waals surface area (Å²) in [5.41, 5.74) is 2.38. The number of ether oxygens (including phenoxy) is 1. The van der Waals surface area contributed by atoms with Crippen LogP contribution in [0.2, 0.25) is 5.02 Å². The van der Waals surface area contributed by atoms with E-state index in [2.05, 4.69) is 20.2 Å². The molecule has 0 saturated heterocycles. The summed E-state index contributed by atoms with van der Waals surface area (Å²) in [7, 11) is 1.97. The number of carbonyl (C=O) groups excluding carboxylic acids is 1. The van der Waals surface area contributed by atoms with Crippen LogP contribution in [0.5, 0.6) is 5.88 Å². The van der Waals surface area contributed by atoms with Crippen LogP contribution < -0.4 is 19.9 Å². The molecule has 1 atom stereocenters. The highest BCUT2D eigenvalue weighted by Gasteiger charge is 2.26. The Morgan fingerprint density at radius 3 is 2.88 bits per heavy atom. The second kappa shape index (κ2) is 10.6. The molecule has 3 aromatic rings. The number of rotatable bonds is 6. The molecular formula is C23H25ClN6O4. The summed E-state index contributed by atoms with van der Waals surface area (Å²) in [5, 5.41) is 21.7. The molecule has 0 spiro atoms. The van der Waals surface area contributed by atoms with Crippen molar-refractivity contribution in [3.05, 3.63) is 53.8 Å². The van der Waals surface area contributed by atoms with E-state index in [1.165, 1.54) is 12.4 Å². The molecule has 0 radical (unpaired) electrons. The molecule has 3 N–H and O–H groups in total. The van der Waals surface area contributed by atoms with E-state index in [0.29, 0.717) is 23.1 Å². The van der Waals surface area contributed by atoms with Crippen LogP contribution in [0, 0.1) is 0 Å². The van der Waals surface area contributed by atoms with Gasteiger partial charge in [0.2, 0.25) is 5.88 Å². The Kier molecular flexibility index (Phi) is 7.41. The molecule has 1 aliphatic heterocycles. The first-order chi connectivity index (χ1) is 16.4. The molecule has 3 heterocycles. The first kappa shape index (κ1) is 23.7. The molecule has 2 aromatic heterocycles. The fourth-order valence-corrected chi connectivity index (χ4v) is 3.72. The van der Waals surface area contributed by atoms with E-state index in [1.807, 2.05) is 37.4 Å². The van der Waals surface area contributed by atoms with Gasteiger partial charge < -0.3 is 19.8 Å². The van der Waals surface area contributed by atoms with Gasteiger partial charge in [0, 0.05) is 30.7 Å². The van der Waals surface area contributed by atoms with Gasteiger partial charge in [-0.15, -0.1) is 0 Å². The average molecular weight is 485 g/mol. The van der Waals surface area contributed by atoms with Gasteiger partial charge >= 0.3 is 6.03 Å². The number of hydrogen-bond donors (Lipinski definition) is 3. The smallest absolute Gasteiger partial charge is 0.328 e. The van der Waals surface area contributed by atoms with E-state index in [-0.39, 0.29) is 18.3 Å². The standard InChI is InChI=1S/C23H25ClN6O4/c1-29-8-3-9-30(22-19(29)7-6-18(26-22)15-4-2-5-16(24)10-15)23(33)28-20-11-25-12-21(27-20)34-14-17(32)13-31/h2,4-7,10-12,17,31-32H,3,8-9,13-14H2,1H3,(H,27,28,33). The number of carbonyl (C=O) groups is 1. The van der Waals surface area contributed by atoms with Gasteiger partial charge in [0.05, 0.1) is 30.4 Å². The number of hydrogen-bond acceptors (Lipinski definition) is 8.